The molecule has 0 radical (unpaired) electrons. The van der Waals surface area contributed by atoms with E-state index in [1.54, 1.807) is 0 Å². The van der Waals surface area contributed by atoms with Crippen molar-refractivity contribution in [2.75, 3.05) is 18.0 Å². The summed E-state index contributed by atoms with van der Waals surface area (Å²) in [6.45, 7) is 7.16. The summed E-state index contributed by atoms with van der Waals surface area (Å²) in [6, 6.07) is 15.1. The van der Waals surface area contributed by atoms with Crippen molar-refractivity contribution in [3.63, 3.8) is 0 Å². The van der Waals surface area contributed by atoms with Crippen LogP contribution in [0.5, 0.6) is 0 Å². The number of anilines is 1. The van der Waals surface area contributed by atoms with E-state index >= 15 is 0 Å². The zero-order chi connectivity index (χ0) is 18.4. The predicted molar refractivity (Wildman–Crippen MR) is 109 cm³/mol. The van der Waals surface area contributed by atoms with Crippen LogP contribution >= 0.6 is 0 Å². The van der Waals surface area contributed by atoms with Gasteiger partial charge in [-0.3, -0.25) is 4.79 Å². The Kier molecular flexibility index (Phi) is 6.32. The number of carbonyl (C=O) groups is 1. The lowest BCUT2D eigenvalue weighted by Gasteiger charge is -2.28. The first-order chi connectivity index (χ1) is 12.6. The van der Waals surface area contributed by atoms with E-state index in [9.17, 15) is 4.79 Å². The Morgan fingerprint density at radius 2 is 1.62 bits per heavy atom. The van der Waals surface area contributed by atoms with Crippen molar-refractivity contribution in [3.8, 4) is 0 Å². The highest BCUT2D eigenvalue weighted by atomic mass is 16.1. The Morgan fingerprint density at radius 3 is 2.31 bits per heavy atom. The highest BCUT2D eigenvalue weighted by Gasteiger charge is 2.10. The molecule has 0 bridgehead atoms. The second-order valence-electron chi connectivity index (χ2n) is 7.41. The number of aryl methyl sites for hydroxylation is 3. The van der Waals surface area contributed by atoms with E-state index in [1.165, 1.54) is 41.6 Å². The number of piperidine rings is 1. The third kappa shape index (κ3) is 5.10. The minimum atomic E-state index is 0.114. The molecule has 0 aromatic heterocycles. The van der Waals surface area contributed by atoms with E-state index in [4.69, 9.17) is 0 Å². The third-order valence-corrected chi connectivity index (χ3v) is 5.36. The van der Waals surface area contributed by atoms with Gasteiger partial charge in [-0.15, -0.1) is 0 Å². The number of nitrogens with zero attached hydrogens (tertiary/aromatic N) is 1. The number of hydrogen-bond donors (Lipinski definition) is 1. The standard InChI is InChI=1S/C23H30N2O/c1-18-6-7-20(16-19(18)2)10-13-23(26)24-17-21-8-11-22(12-9-21)25-14-4-3-5-15-25/h6-9,11-12,16H,3-5,10,13-15,17H2,1-2H3,(H,24,26). The highest BCUT2D eigenvalue weighted by molar-refractivity contribution is 5.76. The van der Waals surface area contributed by atoms with E-state index in [1.807, 2.05) is 0 Å². The van der Waals surface area contributed by atoms with E-state index in [2.05, 4.69) is 66.5 Å². The van der Waals surface area contributed by atoms with Crippen LogP contribution in [-0.4, -0.2) is 19.0 Å². The van der Waals surface area contributed by atoms with E-state index in [0.29, 0.717) is 13.0 Å². The Balaban J connectivity index is 1.44. The SMILES string of the molecule is Cc1ccc(CCC(=O)NCc2ccc(N3CCCCC3)cc2)cc1C. The molecule has 1 aliphatic rings. The molecule has 138 valence electrons. The summed E-state index contributed by atoms with van der Waals surface area (Å²) >= 11 is 0. The molecule has 2 aromatic rings. The first-order valence-electron chi connectivity index (χ1n) is 9.78. The van der Waals surface area contributed by atoms with Gasteiger partial charge in [0.15, 0.2) is 0 Å². The maximum atomic E-state index is 12.1. The van der Waals surface area contributed by atoms with Crippen LogP contribution < -0.4 is 10.2 Å². The second kappa shape index (κ2) is 8.88. The number of carbonyl (C=O) groups excluding carboxylic acids is 1. The number of rotatable bonds is 6. The minimum absolute atomic E-state index is 0.114. The molecule has 0 unspecified atom stereocenters. The number of benzene rings is 2. The van der Waals surface area contributed by atoms with Crippen molar-refractivity contribution in [1.82, 2.24) is 5.32 Å². The van der Waals surface area contributed by atoms with Gasteiger partial charge in [-0.1, -0.05) is 30.3 Å². The van der Waals surface area contributed by atoms with E-state index in [-0.39, 0.29) is 5.91 Å². The van der Waals surface area contributed by atoms with Crippen molar-refractivity contribution in [3.05, 3.63) is 64.7 Å². The van der Waals surface area contributed by atoms with Crippen molar-refractivity contribution >= 4 is 11.6 Å². The molecular formula is C23H30N2O. The van der Waals surface area contributed by atoms with Gasteiger partial charge in [-0.05, 0) is 73.9 Å². The molecule has 1 heterocycles. The van der Waals surface area contributed by atoms with Crippen LogP contribution in [0.2, 0.25) is 0 Å². The molecule has 3 rings (SSSR count). The van der Waals surface area contributed by atoms with Gasteiger partial charge in [0, 0.05) is 31.7 Å². The molecule has 2 aromatic carbocycles. The number of nitrogens with one attached hydrogen (secondary N) is 1. The fraction of sp³-hybridized carbons (Fsp3) is 0.435. The number of hydrogen-bond acceptors (Lipinski definition) is 2. The van der Waals surface area contributed by atoms with Crippen molar-refractivity contribution in [1.29, 1.82) is 0 Å². The van der Waals surface area contributed by atoms with Crippen LogP contribution in [0.4, 0.5) is 5.69 Å². The Morgan fingerprint density at radius 1 is 0.923 bits per heavy atom. The molecule has 0 atom stereocenters. The van der Waals surface area contributed by atoms with Crippen LogP contribution in [0, 0.1) is 13.8 Å². The minimum Gasteiger partial charge on any atom is -0.372 e. The summed E-state index contributed by atoms with van der Waals surface area (Å²) in [5.74, 6) is 0.114. The molecule has 1 saturated heterocycles. The summed E-state index contributed by atoms with van der Waals surface area (Å²) in [5.41, 5.74) is 6.27. The van der Waals surface area contributed by atoms with Gasteiger partial charge in [0.05, 0.1) is 0 Å². The van der Waals surface area contributed by atoms with Gasteiger partial charge in [-0.2, -0.15) is 0 Å². The first kappa shape index (κ1) is 18.5. The van der Waals surface area contributed by atoms with Gasteiger partial charge in [0.25, 0.3) is 0 Å². The molecule has 0 spiro atoms. The normalized spacial score (nSPS) is 14.3. The molecule has 1 fully saturated rings. The second-order valence-corrected chi connectivity index (χ2v) is 7.41. The number of amides is 1. The van der Waals surface area contributed by atoms with Gasteiger partial charge in [-0.25, -0.2) is 0 Å². The molecule has 3 heteroatoms. The van der Waals surface area contributed by atoms with Crippen LogP contribution in [0.25, 0.3) is 0 Å². The lowest BCUT2D eigenvalue weighted by molar-refractivity contribution is -0.121. The fourth-order valence-electron chi connectivity index (χ4n) is 3.48. The van der Waals surface area contributed by atoms with Gasteiger partial charge >= 0.3 is 0 Å². The van der Waals surface area contributed by atoms with Crippen molar-refractivity contribution in [2.24, 2.45) is 0 Å². The zero-order valence-electron chi connectivity index (χ0n) is 16.1. The van der Waals surface area contributed by atoms with Crippen molar-refractivity contribution in [2.45, 2.75) is 52.5 Å². The highest BCUT2D eigenvalue weighted by Crippen LogP contribution is 2.20. The molecule has 26 heavy (non-hydrogen) atoms. The molecule has 0 saturated carbocycles. The lowest BCUT2D eigenvalue weighted by Crippen LogP contribution is -2.29. The van der Waals surface area contributed by atoms with Crippen LogP contribution in [0.1, 0.15) is 47.9 Å². The average molecular weight is 351 g/mol. The quantitative estimate of drug-likeness (QED) is 0.829. The maximum Gasteiger partial charge on any atom is 0.220 e. The largest absolute Gasteiger partial charge is 0.372 e. The lowest BCUT2D eigenvalue weighted by atomic mass is 10.0. The Labute approximate surface area is 157 Å². The Hall–Kier alpha value is -2.29. The molecule has 1 amide bonds. The van der Waals surface area contributed by atoms with Gasteiger partial charge < -0.3 is 10.2 Å². The summed E-state index contributed by atoms with van der Waals surface area (Å²) in [6.07, 6.45) is 5.26. The van der Waals surface area contributed by atoms with E-state index in [0.717, 1.165) is 25.1 Å². The molecule has 1 N–H and O–H groups in total. The zero-order valence-corrected chi connectivity index (χ0v) is 16.1. The molecule has 1 aliphatic heterocycles. The summed E-state index contributed by atoms with van der Waals surface area (Å²) in [5, 5.41) is 3.04. The predicted octanol–water partition coefficient (Wildman–Crippen LogP) is 4.54. The smallest absolute Gasteiger partial charge is 0.220 e. The maximum absolute atomic E-state index is 12.1. The molecular weight excluding hydrogens is 320 g/mol. The topological polar surface area (TPSA) is 32.3 Å². The molecule has 3 nitrogen and oxygen atoms in total. The third-order valence-electron chi connectivity index (χ3n) is 5.36. The Bertz CT molecular complexity index is 730. The van der Waals surface area contributed by atoms with Crippen LogP contribution in [-0.2, 0) is 17.8 Å². The molecule has 0 aliphatic carbocycles. The monoisotopic (exact) mass is 350 g/mol. The van der Waals surface area contributed by atoms with Gasteiger partial charge in [0.1, 0.15) is 0 Å². The fourth-order valence-corrected chi connectivity index (χ4v) is 3.48. The van der Waals surface area contributed by atoms with E-state index < -0.39 is 0 Å². The first-order valence-corrected chi connectivity index (χ1v) is 9.78. The average Bonchev–Trinajstić information content (AvgIpc) is 2.68. The van der Waals surface area contributed by atoms with Gasteiger partial charge in [0.2, 0.25) is 5.91 Å². The summed E-state index contributed by atoms with van der Waals surface area (Å²) in [4.78, 5) is 14.6. The van der Waals surface area contributed by atoms with Crippen molar-refractivity contribution < 1.29 is 4.79 Å². The summed E-state index contributed by atoms with van der Waals surface area (Å²) < 4.78 is 0. The summed E-state index contributed by atoms with van der Waals surface area (Å²) in [7, 11) is 0. The van der Waals surface area contributed by atoms with Crippen LogP contribution in [0.3, 0.4) is 0 Å². The van der Waals surface area contributed by atoms with Crippen LogP contribution in [0.15, 0.2) is 42.5 Å².